The quantitative estimate of drug-likeness (QED) is 0.485. The van der Waals surface area contributed by atoms with Gasteiger partial charge in [-0.15, -0.1) is 0 Å². The van der Waals surface area contributed by atoms with E-state index in [0.29, 0.717) is 29.3 Å². The predicted molar refractivity (Wildman–Crippen MR) is 119 cm³/mol. The molecule has 1 heterocycles. The van der Waals surface area contributed by atoms with Crippen LogP contribution in [0.2, 0.25) is 0 Å². The third-order valence-electron chi connectivity index (χ3n) is 5.58. The van der Waals surface area contributed by atoms with Gasteiger partial charge in [0.2, 0.25) is 0 Å². The van der Waals surface area contributed by atoms with Crippen molar-refractivity contribution >= 4 is 17.3 Å². The van der Waals surface area contributed by atoms with Gasteiger partial charge in [-0.05, 0) is 42.7 Å². The summed E-state index contributed by atoms with van der Waals surface area (Å²) in [6, 6.07) is 10.2. The van der Waals surface area contributed by atoms with Gasteiger partial charge in [0, 0.05) is 38.3 Å². The minimum Gasteiger partial charge on any atom is -0.493 e. The summed E-state index contributed by atoms with van der Waals surface area (Å²) in [5.74, 6) is 0.915. The Morgan fingerprint density at radius 3 is 2.32 bits per heavy atom. The van der Waals surface area contributed by atoms with Crippen LogP contribution in [0.4, 0.5) is 11.4 Å². The van der Waals surface area contributed by atoms with Crippen LogP contribution in [0, 0.1) is 10.1 Å². The molecule has 1 amide bonds. The Bertz CT molecular complexity index is 939. The van der Waals surface area contributed by atoms with E-state index < -0.39 is 4.92 Å². The number of rotatable bonds is 7. The number of ether oxygens (including phenoxy) is 2. The number of hydrogen-bond donors (Lipinski definition) is 0. The second-order valence-electron chi connectivity index (χ2n) is 7.71. The maximum absolute atomic E-state index is 13.0. The summed E-state index contributed by atoms with van der Waals surface area (Å²) >= 11 is 0. The Kier molecular flexibility index (Phi) is 7.33. The van der Waals surface area contributed by atoms with Crippen LogP contribution in [0.5, 0.6) is 11.5 Å². The van der Waals surface area contributed by atoms with Crippen LogP contribution >= 0.6 is 0 Å². The smallest absolute Gasteiger partial charge is 0.293 e. The number of nitro groups is 1. The van der Waals surface area contributed by atoms with E-state index in [1.165, 1.54) is 11.0 Å². The molecule has 0 bridgehead atoms. The second kappa shape index (κ2) is 10.1. The predicted octanol–water partition coefficient (Wildman–Crippen LogP) is 4.26. The van der Waals surface area contributed by atoms with Gasteiger partial charge in [0.15, 0.2) is 11.5 Å². The summed E-state index contributed by atoms with van der Waals surface area (Å²) < 4.78 is 10.6. The van der Waals surface area contributed by atoms with Crippen LogP contribution in [0.1, 0.15) is 41.6 Å². The Morgan fingerprint density at radius 2 is 1.71 bits per heavy atom. The molecule has 0 saturated carbocycles. The molecule has 0 atom stereocenters. The maximum atomic E-state index is 13.0. The van der Waals surface area contributed by atoms with Crippen LogP contribution in [0.15, 0.2) is 36.4 Å². The number of methoxy groups -OCH3 is 2. The van der Waals surface area contributed by atoms with Crippen molar-refractivity contribution < 1.29 is 19.2 Å². The zero-order valence-electron chi connectivity index (χ0n) is 18.3. The lowest BCUT2D eigenvalue weighted by Crippen LogP contribution is -2.27. The molecule has 3 rings (SSSR count). The minimum absolute atomic E-state index is 0.0210. The average Bonchev–Trinajstić information content (AvgIpc) is 3.07. The fraction of sp³-hybridized carbons (Fsp3) is 0.435. The number of nitro benzene ring substituents is 1. The third kappa shape index (κ3) is 5.25. The monoisotopic (exact) mass is 427 g/mol. The topological polar surface area (TPSA) is 85.2 Å². The van der Waals surface area contributed by atoms with Crippen molar-refractivity contribution in [3.8, 4) is 11.5 Å². The SMILES string of the molecule is COc1ccc(CN(C)C(=O)c2ccc(N3CCCCCC3)c([N+](=O)[O-])c2)cc1OC. The highest BCUT2D eigenvalue weighted by Gasteiger charge is 2.24. The zero-order valence-corrected chi connectivity index (χ0v) is 18.3. The van der Waals surface area contributed by atoms with Gasteiger partial charge < -0.3 is 19.3 Å². The Labute approximate surface area is 182 Å². The maximum Gasteiger partial charge on any atom is 0.293 e. The molecule has 8 heteroatoms. The molecule has 0 radical (unpaired) electrons. The van der Waals surface area contributed by atoms with Gasteiger partial charge in [-0.1, -0.05) is 18.9 Å². The van der Waals surface area contributed by atoms with Crippen molar-refractivity contribution in [2.45, 2.75) is 32.2 Å². The van der Waals surface area contributed by atoms with Crippen molar-refractivity contribution in [3.63, 3.8) is 0 Å². The van der Waals surface area contributed by atoms with E-state index in [2.05, 4.69) is 4.90 Å². The highest BCUT2D eigenvalue weighted by Crippen LogP contribution is 2.32. The molecule has 0 aromatic heterocycles. The van der Waals surface area contributed by atoms with Crippen molar-refractivity contribution in [3.05, 3.63) is 57.6 Å². The van der Waals surface area contributed by atoms with Gasteiger partial charge in [0.1, 0.15) is 5.69 Å². The molecular weight excluding hydrogens is 398 g/mol. The molecule has 1 saturated heterocycles. The first-order valence-corrected chi connectivity index (χ1v) is 10.4. The number of nitrogens with zero attached hydrogens (tertiary/aromatic N) is 3. The summed E-state index contributed by atoms with van der Waals surface area (Å²) in [6.07, 6.45) is 4.32. The van der Waals surface area contributed by atoms with E-state index in [-0.39, 0.29) is 11.6 Å². The minimum atomic E-state index is -0.397. The molecule has 2 aromatic rings. The molecule has 166 valence electrons. The van der Waals surface area contributed by atoms with Crippen LogP contribution in [-0.2, 0) is 6.54 Å². The molecule has 1 fully saturated rings. The van der Waals surface area contributed by atoms with Crippen molar-refractivity contribution in [1.82, 2.24) is 4.90 Å². The Morgan fingerprint density at radius 1 is 1.03 bits per heavy atom. The summed E-state index contributed by atoms with van der Waals surface area (Å²) in [4.78, 5) is 27.9. The van der Waals surface area contributed by atoms with E-state index in [1.54, 1.807) is 39.5 Å². The zero-order chi connectivity index (χ0) is 22.4. The van der Waals surface area contributed by atoms with Gasteiger partial charge in [-0.3, -0.25) is 14.9 Å². The summed E-state index contributed by atoms with van der Waals surface area (Å²) in [6.45, 7) is 1.93. The number of carbonyl (C=O) groups excluding carboxylic acids is 1. The first kappa shape index (κ1) is 22.4. The Balaban J connectivity index is 1.80. The summed E-state index contributed by atoms with van der Waals surface area (Å²) in [5.41, 5.74) is 1.73. The van der Waals surface area contributed by atoms with E-state index in [1.807, 2.05) is 12.1 Å². The molecule has 1 aliphatic heterocycles. The molecule has 0 spiro atoms. The fourth-order valence-electron chi connectivity index (χ4n) is 3.93. The van der Waals surface area contributed by atoms with Gasteiger partial charge in [-0.2, -0.15) is 0 Å². The first-order valence-electron chi connectivity index (χ1n) is 10.4. The highest BCUT2D eigenvalue weighted by atomic mass is 16.6. The van der Waals surface area contributed by atoms with Crippen LogP contribution in [0.25, 0.3) is 0 Å². The Hall–Kier alpha value is -3.29. The van der Waals surface area contributed by atoms with Gasteiger partial charge in [0.05, 0.1) is 19.1 Å². The fourth-order valence-corrected chi connectivity index (χ4v) is 3.93. The number of amides is 1. The van der Waals surface area contributed by atoms with Crippen molar-refractivity contribution in [2.75, 3.05) is 39.3 Å². The molecule has 0 unspecified atom stereocenters. The summed E-state index contributed by atoms with van der Waals surface area (Å²) in [5, 5.41) is 11.7. The van der Waals surface area contributed by atoms with Crippen molar-refractivity contribution in [1.29, 1.82) is 0 Å². The largest absolute Gasteiger partial charge is 0.493 e. The molecule has 0 aliphatic carbocycles. The normalized spacial score (nSPS) is 14.0. The van der Waals surface area contributed by atoms with Crippen LogP contribution in [0.3, 0.4) is 0 Å². The molecular formula is C23H29N3O5. The highest BCUT2D eigenvalue weighted by molar-refractivity contribution is 5.95. The first-order chi connectivity index (χ1) is 14.9. The van der Waals surface area contributed by atoms with Crippen LogP contribution in [-0.4, -0.2) is 50.1 Å². The number of hydrogen-bond acceptors (Lipinski definition) is 6. The number of carbonyl (C=O) groups is 1. The van der Waals surface area contributed by atoms with E-state index in [4.69, 9.17) is 9.47 Å². The molecule has 2 aromatic carbocycles. The lowest BCUT2D eigenvalue weighted by atomic mass is 10.1. The number of anilines is 1. The van der Waals surface area contributed by atoms with E-state index >= 15 is 0 Å². The lowest BCUT2D eigenvalue weighted by Gasteiger charge is -2.23. The van der Waals surface area contributed by atoms with E-state index in [9.17, 15) is 14.9 Å². The lowest BCUT2D eigenvalue weighted by molar-refractivity contribution is -0.384. The number of benzene rings is 2. The summed E-state index contributed by atoms with van der Waals surface area (Å²) in [7, 11) is 4.80. The van der Waals surface area contributed by atoms with Crippen molar-refractivity contribution in [2.24, 2.45) is 0 Å². The molecule has 31 heavy (non-hydrogen) atoms. The van der Waals surface area contributed by atoms with Gasteiger partial charge in [0.25, 0.3) is 11.6 Å². The van der Waals surface area contributed by atoms with Gasteiger partial charge in [-0.25, -0.2) is 0 Å². The molecule has 0 N–H and O–H groups in total. The standard InChI is InChI=1S/C23H29N3O5/c1-24(16-17-8-11-21(30-2)22(14-17)31-3)23(27)18-9-10-19(20(15-18)26(28)29)25-12-6-4-5-7-13-25/h8-11,14-15H,4-7,12-13,16H2,1-3H3. The van der Waals surface area contributed by atoms with E-state index in [0.717, 1.165) is 44.3 Å². The third-order valence-corrected chi connectivity index (χ3v) is 5.58. The average molecular weight is 428 g/mol. The molecule has 8 nitrogen and oxygen atoms in total. The van der Waals surface area contributed by atoms with Gasteiger partial charge >= 0.3 is 0 Å². The molecule has 1 aliphatic rings. The second-order valence-corrected chi connectivity index (χ2v) is 7.71. The van der Waals surface area contributed by atoms with Crippen LogP contribution < -0.4 is 14.4 Å².